The molecule has 194 valence electrons. The van der Waals surface area contributed by atoms with Gasteiger partial charge in [0, 0.05) is 47.3 Å². The minimum absolute atomic E-state index is 0.671. The smallest absolute Gasteiger partial charge is 0.0456 e. The monoisotopic (exact) mass is 502 g/mol. The van der Waals surface area contributed by atoms with E-state index in [1.807, 2.05) is 0 Å². The Labute approximate surface area is 225 Å². The van der Waals surface area contributed by atoms with Gasteiger partial charge in [-0.1, -0.05) is 60.7 Å². The number of aromatic nitrogens is 2. The van der Waals surface area contributed by atoms with Crippen molar-refractivity contribution in [3.8, 4) is 0 Å². The van der Waals surface area contributed by atoms with Gasteiger partial charge in [-0.25, -0.2) is 0 Å². The molecule has 2 saturated heterocycles. The summed E-state index contributed by atoms with van der Waals surface area (Å²) in [4.78, 5) is 12.2. The SMILES string of the molecule is c1ccc2c(C3CCN(Cc4ccc(CN5CCC(c6c[nH]c7ccccc67)CC5)cc4)CC3)c[nH]c2c1. The molecule has 0 spiro atoms. The van der Waals surface area contributed by atoms with Gasteiger partial charge in [0.05, 0.1) is 0 Å². The third kappa shape index (κ3) is 4.79. The summed E-state index contributed by atoms with van der Waals surface area (Å²) >= 11 is 0. The summed E-state index contributed by atoms with van der Waals surface area (Å²) < 4.78 is 0. The molecule has 2 aliphatic rings. The van der Waals surface area contributed by atoms with Crippen LogP contribution in [-0.4, -0.2) is 45.9 Å². The fourth-order valence-electron chi connectivity index (χ4n) is 6.93. The molecule has 2 N–H and O–H groups in total. The van der Waals surface area contributed by atoms with Crippen LogP contribution in [-0.2, 0) is 13.1 Å². The molecule has 38 heavy (non-hydrogen) atoms. The van der Waals surface area contributed by atoms with Crippen molar-refractivity contribution in [2.45, 2.75) is 50.6 Å². The third-order valence-corrected chi connectivity index (χ3v) is 9.13. The topological polar surface area (TPSA) is 38.1 Å². The zero-order chi connectivity index (χ0) is 25.3. The van der Waals surface area contributed by atoms with Crippen molar-refractivity contribution in [3.63, 3.8) is 0 Å². The molecular weight excluding hydrogens is 464 g/mol. The first kappa shape index (κ1) is 23.8. The highest BCUT2D eigenvalue weighted by atomic mass is 15.1. The van der Waals surface area contributed by atoms with E-state index in [0.29, 0.717) is 11.8 Å². The molecule has 5 aromatic rings. The Morgan fingerprint density at radius 3 is 1.34 bits per heavy atom. The van der Waals surface area contributed by atoms with Gasteiger partial charge in [-0.2, -0.15) is 0 Å². The van der Waals surface area contributed by atoms with Crippen LogP contribution in [0.15, 0.2) is 85.2 Å². The lowest BCUT2D eigenvalue weighted by Gasteiger charge is -2.32. The number of hydrogen-bond acceptors (Lipinski definition) is 2. The summed E-state index contributed by atoms with van der Waals surface area (Å²) in [6.45, 7) is 6.84. The molecule has 0 unspecified atom stereocenters. The molecule has 4 heterocycles. The molecule has 4 nitrogen and oxygen atoms in total. The number of piperidine rings is 2. The molecule has 4 heteroatoms. The van der Waals surface area contributed by atoms with E-state index >= 15 is 0 Å². The Morgan fingerprint density at radius 2 is 0.921 bits per heavy atom. The van der Waals surface area contributed by atoms with E-state index in [0.717, 1.165) is 13.1 Å². The van der Waals surface area contributed by atoms with Gasteiger partial charge in [-0.05, 0) is 98.1 Å². The van der Waals surface area contributed by atoms with Crippen molar-refractivity contribution in [1.82, 2.24) is 19.8 Å². The Kier molecular flexibility index (Phi) is 6.52. The average molecular weight is 503 g/mol. The molecule has 3 aromatic carbocycles. The number of likely N-dealkylation sites (tertiary alicyclic amines) is 2. The average Bonchev–Trinajstić information content (AvgIpc) is 3.60. The molecule has 0 aliphatic carbocycles. The van der Waals surface area contributed by atoms with Gasteiger partial charge in [-0.3, -0.25) is 9.80 Å². The fraction of sp³-hybridized carbons (Fsp3) is 0.353. The maximum atomic E-state index is 3.47. The molecular formula is C34H38N4. The van der Waals surface area contributed by atoms with Crippen LogP contribution in [0, 0.1) is 0 Å². The molecule has 0 amide bonds. The Hall–Kier alpha value is -3.34. The first-order valence-electron chi connectivity index (χ1n) is 14.4. The Morgan fingerprint density at radius 1 is 0.526 bits per heavy atom. The maximum Gasteiger partial charge on any atom is 0.0456 e. The summed E-state index contributed by atoms with van der Waals surface area (Å²) in [5.74, 6) is 1.34. The second-order valence-corrected chi connectivity index (χ2v) is 11.5. The van der Waals surface area contributed by atoms with E-state index in [1.54, 1.807) is 0 Å². The van der Waals surface area contributed by atoms with Gasteiger partial charge in [0.2, 0.25) is 0 Å². The lowest BCUT2D eigenvalue weighted by atomic mass is 9.89. The van der Waals surface area contributed by atoms with E-state index in [-0.39, 0.29) is 0 Å². The molecule has 0 radical (unpaired) electrons. The molecule has 0 atom stereocenters. The lowest BCUT2D eigenvalue weighted by molar-refractivity contribution is 0.203. The molecule has 2 fully saturated rings. The number of benzene rings is 3. The van der Waals surface area contributed by atoms with Crippen LogP contribution in [0.4, 0.5) is 0 Å². The quantitative estimate of drug-likeness (QED) is 0.254. The summed E-state index contributed by atoms with van der Waals surface area (Å²) in [7, 11) is 0. The first-order chi connectivity index (χ1) is 18.8. The highest BCUT2D eigenvalue weighted by molar-refractivity contribution is 5.84. The van der Waals surface area contributed by atoms with Crippen molar-refractivity contribution >= 4 is 21.8 Å². The van der Waals surface area contributed by atoms with Crippen molar-refractivity contribution in [1.29, 1.82) is 0 Å². The van der Waals surface area contributed by atoms with Gasteiger partial charge in [0.25, 0.3) is 0 Å². The number of fused-ring (bicyclic) bond motifs is 2. The second kappa shape index (κ2) is 10.4. The Balaban J connectivity index is 0.897. The number of para-hydroxylation sites is 2. The van der Waals surface area contributed by atoms with Gasteiger partial charge in [0.15, 0.2) is 0 Å². The molecule has 2 aliphatic heterocycles. The summed E-state index contributed by atoms with van der Waals surface area (Å²) in [6.07, 6.45) is 9.47. The van der Waals surface area contributed by atoms with Gasteiger partial charge >= 0.3 is 0 Å². The van der Waals surface area contributed by atoms with Crippen molar-refractivity contribution in [3.05, 3.63) is 107 Å². The highest BCUT2D eigenvalue weighted by Gasteiger charge is 2.24. The number of H-pyrrole nitrogens is 2. The lowest BCUT2D eigenvalue weighted by Crippen LogP contribution is -2.33. The van der Waals surface area contributed by atoms with Gasteiger partial charge < -0.3 is 9.97 Å². The minimum atomic E-state index is 0.671. The number of aromatic amines is 2. The van der Waals surface area contributed by atoms with Crippen LogP contribution in [0.25, 0.3) is 21.8 Å². The minimum Gasteiger partial charge on any atom is -0.361 e. The van der Waals surface area contributed by atoms with Gasteiger partial charge in [0.1, 0.15) is 0 Å². The van der Waals surface area contributed by atoms with Crippen LogP contribution < -0.4 is 0 Å². The fourth-order valence-corrected chi connectivity index (χ4v) is 6.93. The molecule has 0 saturated carbocycles. The summed E-state index contributed by atoms with van der Waals surface area (Å²) in [5.41, 5.74) is 8.44. The van der Waals surface area contributed by atoms with E-state index in [4.69, 9.17) is 0 Å². The number of rotatable bonds is 6. The van der Waals surface area contributed by atoms with Gasteiger partial charge in [-0.15, -0.1) is 0 Å². The van der Waals surface area contributed by atoms with Crippen LogP contribution in [0.1, 0.15) is 59.8 Å². The van der Waals surface area contributed by atoms with E-state index < -0.39 is 0 Å². The van der Waals surface area contributed by atoms with E-state index in [1.165, 1.54) is 95.9 Å². The van der Waals surface area contributed by atoms with Crippen LogP contribution in [0.3, 0.4) is 0 Å². The number of nitrogens with one attached hydrogen (secondary N) is 2. The van der Waals surface area contributed by atoms with Crippen molar-refractivity contribution in [2.75, 3.05) is 26.2 Å². The van der Waals surface area contributed by atoms with Crippen LogP contribution in [0.2, 0.25) is 0 Å². The normalized spacial score (nSPS) is 18.5. The standard InChI is InChI=1S/C34H38N4/c1-3-7-33-29(5-1)31(21-35-33)27-13-17-37(18-14-27)23-25-9-11-26(12-10-25)24-38-19-15-28(16-20-38)32-22-36-34-8-4-2-6-30(32)34/h1-12,21-22,27-28,35-36H,13-20,23-24H2. The largest absolute Gasteiger partial charge is 0.361 e. The summed E-state index contributed by atoms with van der Waals surface area (Å²) in [5, 5.41) is 2.81. The van der Waals surface area contributed by atoms with Crippen LogP contribution >= 0.6 is 0 Å². The first-order valence-corrected chi connectivity index (χ1v) is 14.4. The number of hydrogen-bond donors (Lipinski definition) is 2. The predicted molar refractivity (Wildman–Crippen MR) is 158 cm³/mol. The molecule has 7 rings (SSSR count). The Bertz CT molecular complexity index is 1380. The van der Waals surface area contributed by atoms with Crippen molar-refractivity contribution in [2.24, 2.45) is 0 Å². The van der Waals surface area contributed by atoms with Crippen LogP contribution in [0.5, 0.6) is 0 Å². The zero-order valence-corrected chi connectivity index (χ0v) is 22.2. The summed E-state index contributed by atoms with van der Waals surface area (Å²) in [6, 6.07) is 26.9. The number of nitrogens with zero attached hydrogens (tertiary/aromatic N) is 2. The maximum absolute atomic E-state index is 3.47. The zero-order valence-electron chi connectivity index (χ0n) is 22.2. The predicted octanol–water partition coefficient (Wildman–Crippen LogP) is 7.41. The van der Waals surface area contributed by atoms with E-state index in [9.17, 15) is 0 Å². The van der Waals surface area contributed by atoms with Crippen molar-refractivity contribution < 1.29 is 0 Å². The van der Waals surface area contributed by atoms with E-state index in [2.05, 4.69) is 105 Å². The third-order valence-electron chi connectivity index (χ3n) is 9.13. The second-order valence-electron chi connectivity index (χ2n) is 11.5. The molecule has 2 aromatic heterocycles. The highest BCUT2D eigenvalue weighted by Crippen LogP contribution is 2.35. The molecule has 0 bridgehead atoms.